The number of hydrogen-bond acceptors (Lipinski definition) is 5. The molecule has 1 aromatic heterocycles. The molecule has 0 aliphatic rings. The zero-order valence-corrected chi connectivity index (χ0v) is 12.1. The molecule has 0 saturated heterocycles. The average molecular weight is 281 g/mol. The van der Waals surface area contributed by atoms with E-state index in [0.29, 0.717) is 0 Å². The maximum atomic E-state index is 11.0. The Hall–Kier alpha value is -1.27. The molecule has 1 atom stereocenters. The predicted octanol–water partition coefficient (Wildman–Crippen LogP) is 2.33. The third-order valence-electron chi connectivity index (χ3n) is 2.55. The topological polar surface area (TPSA) is 59.2 Å². The zero-order chi connectivity index (χ0) is 13.3. The summed E-state index contributed by atoms with van der Waals surface area (Å²) >= 11 is 3.00. The Morgan fingerprint density at radius 3 is 2.83 bits per heavy atom. The molecule has 4 nitrogen and oxygen atoms in total. The van der Waals surface area contributed by atoms with Gasteiger partial charge in [-0.15, -0.1) is 11.3 Å². The molecule has 1 aromatic carbocycles. The molecular weight excluding hydrogens is 266 g/mol. The van der Waals surface area contributed by atoms with Crippen LogP contribution in [0.2, 0.25) is 0 Å². The van der Waals surface area contributed by atoms with Gasteiger partial charge in [0.2, 0.25) is 5.91 Å². The van der Waals surface area contributed by atoms with E-state index in [9.17, 15) is 4.79 Å². The van der Waals surface area contributed by atoms with Crippen molar-refractivity contribution in [3.05, 3.63) is 18.2 Å². The number of amides is 1. The molecule has 96 valence electrons. The van der Waals surface area contributed by atoms with Crippen LogP contribution in [0, 0.1) is 0 Å². The minimum Gasteiger partial charge on any atom is -0.378 e. The lowest BCUT2D eigenvalue weighted by atomic mass is 10.3. The largest absolute Gasteiger partial charge is 0.378 e. The number of aromatic nitrogens is 1. The Bertz CT molecular complexity index is 580. The van der Waals surface area contributed by atoms with Crippen molar-refractivity contribution in [3.8, 4) is 0 Å². The highest BCUT2D eigenvalue weighted by Crippen LogP contribution is 2.33. The molecule has 1 unspecified atom stereocenters. The number of nitrogens with zero attached hydrogens (tertiary/aromatic N) is 2. The molecule has 0 radical (unpaired) electrons. The first-order chi connectivity index (χ1) is 8.47. The number of hydrogen-bond donors (Lipinski definition) is 1. The van der Waals surface area contributed by atoms with E-state index in [-0.39, 0.29) is 11.2 Å². The summed E-state index contributed by atoms with van der Waals surface area (Å²) in [4.78, 5) is 17.6. The summed E-state index contributed by atoms with van der Waals surface area (Å²) in [6.07, 6.45) is 0. The number of fused-ring (bicyclic) bond motifs is 1. The fourth-order valence-corrected chi connectivity index (χ4v) is 3.62. The smallest absolute Gasteiger partial charge is 0.230 e. The van der Waals surface area contributed by atoms with Gasteiger partial charge in [-0.2, -0.15) is 0 Å². The van der Waals surface area contributed by atoms with Gasteiger partial charge in [-0.05, 0) is 25.1 Å². The van der Waals surface area contributed by atoms with Gasteiger partial charge in [0.15, 0.2) is 4.34 Å². The summed E-state index contributed by atoms with van der Waals surface area (Å²) in [7, 11) is 4.01. The van der Waals surface area contributed by atoms with E-state index in [1.165, 1.54) is 11.8 Å². The predicted molar refractivity (Wildman–Crippen MR) is 78.5 cm³/mol. The Morgan fingerprint density at radius 2 is 2.22 bits per heavy atom. The van der Waals surface area contributed by atoms with Crippen LogP contribution in [0.5, 0.6) is 0 Å². The highest BCUT2D eigenvalue weighted by molar-refractivity contribution is 8.02. The van der Waals surface area contributed by atoms with Crippen LogP contribution >= 0.6 is 23.1 Å². The number of rotatable bonds is 4. The van der Waals surface area contributed by atoms with Crippen LogP contribution in [0.15, 0.2) is 22.5 Å². The van der Waals surface area contributed by atoms with Crippen molar-refractivity contribution in [2.75, 3.05) is 19.0 Å². The van der Waals surface area contributed by atoms with Crippen molar-refractivity contribution >= 4 is 44.9 Å². The first-order valence-electron chi connectivity index (χ1n) is 5.51. The Labute approximate surface area is 114 Å². The Morgan fingerprint density at radius 1 is 1.50 bits per heavy atom. The standard InChI is InChI=1S/C12H15N3OS2/c1-7(11(13)16)17-12-14-9-5-4-8(15(2)3)6-10(9)18-12/h4-7H,1-3H3,(H2,13,16). The van der Waals surface area contributed by atoms with Crippen molar-refractivity contribution in [2.45, 2.75) is 16.5 Å². The van der Waals surface area contributed by atoms with Crippen LogP contribution in [0.25, 0.3) is 10.2 Å². The van der Waals surface area contributed by atoms with Gasteiger partial charge >= 0.3 is 0 Å². The summed E-state index contributed by atoms with van der Waals surface area (Å²) in [5.74, 6) is -0.312. The van der Waals surface area contributed by atoms with Crippen LogP contribution in [0.4, 0.5) is 5.69 Å². The van der Waals surface area contributed by atoms with Gasteiger partial charge in [-0.1, -0.05) is 11.8 Å². The van der Waals surface area contributed by atoms with Crippen LogP contribution < -0.4 is 10.6 Å². The van der Waals surface area contributed by atoms with Crippen LogP contribution in [-0.2, 0) is 4.79 Å². The van der Waals surface area contributed by atoms with E-state index in [4.69, 9.17) is 5.73 Å². The molecule has 0 aliphatic carbocycles. The maximum Gasteiger partial charge on any atom is 0.230 e. The molecule has 1 heterocycles. The van der Waals surface area contributed by atoms with E-state index < -0.39 is 0 Å². The molecule has 2 rings (SSSR count). The third-order valence-corrected chi connectivity index (χ3v) is 4.78. The Kier molecular flexibility index (Phi) is 3.77. The van der Waals surface area contributed by atoms with Gasteiger partial charge in [0.25, 0.3) is 0 Å². The molecule has 0 spiro atoms. The van der Waals surface area contributed by atoms with Gasteiger partial charge in [0.05, 0.1) is 15.5 Å². The lowest BCUT2D eigenvalue weighted by Crippen LogP contribution is -2.22. The van der Waals surface area contributed by atoms with Crippen molar-refractivity contribution in [1.82, 2.24) is 4.98 Å². The highest BCUT2D eigenvalue weighted by atomic mass is 32.2. The molecule has 18 heavy (non-hydrogen) atoms. The first-order valence-corrected chi connectivity index (χ1v) is 7.21. The number of benzene rings is 1. The summed E-state index contributed by atoms with van der Waals surface area (Å²) in [5, 5.41) is -0.251. The molecule has 1 amide bonds. The van der Waals surface area contributed by atoms with E-state index in [2.05, 4.69) is 16.0 Å². The number of primary amides is 1. The normalized spacial score (nSPS) is 12.6. The molecule has 0 fully saturated rings. The monoisotopic (exact) mass is 281 g/mol. The molecule has 0 saturated carbocycles. The highest BCUT2D eigenvalue weighted by Gasteiger charge is 2.14. The van der Waals surface area contributed by atoms with Gasteiger partial charge in [0, 0.05) is 19.8 Å². The van der Waals surface area contributed by atoms with E-state index in [1.807, 2.05) is 26.2 Å². The lowest BCUT2D eigenvalue weighted by Gasteiger charge is -2.11. The lowest BCUT2D eigenvalue weighted by molar-refractivity contribution is -0.117. The van der Waals surface area contributed by atoms with Crippen LogP contribution in [0.1, 0.15) is 6.92 Å². The molecule has 2 N–H and O–H groups in total. The maximum absolute atomic E-state index is 11.0. The SMILES string of the molecule is CC(Sc1nc2ccc(N(C)C)cc2s1)C(N)=O. The van der Waals surface area contributed by atoms with Crippen molar-refractivity contribution in [1.29, 1.82) is 0 Å². The van der Waals surface area contributed by atoms with Crippen molar-refractivity contribution < 1.29 is 4.79 Å². The fraction of sp³-hybridized carbons (Fsp3) is 0.333. The average Bonchev–Trinajstić information content (AvgIpc) is 2.69. The quantitative estimate of drug-likeness (QED) is 0.874. The van der Waals surface area contributed by atoms with Crippen LogP contribution in [0.3, 0.4) is 0 Å². The van der Waals surface area contributed by atoms with Crippen molar-refractivity contribution in [2.24, 2.45) is 5.73 Å². The van der Waals surface area contributed by atoms with E-state index in [0.717, 1.165) is 20.2 Å². The molecular formula is C12H15N3OS2. The molecule has 6 heteroatoms. The number of nitrogens with two attached hydrogens (primary N) is 1. The summed E-state index contributed by atoms with van der Waals surface area (Å²) in [6.45, 7) is 1.80. The number of anilines is 1. The van der Waals surface area contributed by atoms with Gasteiger partial charge < -0.3 is 10.6 Å². The zero-order valence-electron chi connectivity index (χ0n) is 10.5. The molecule has 2 aromatic rings. The second kappa shape index (κ2) is 5.16. The first kappa shape index (κ1) is 13.2. The minimum absolute atomic E-state index is 0.251. The molecule has 0 bridgehead atoms. The second-order valence-corrected chi connectivity index (χ2v) is 6.81. The van der Waals surface area contributed by atoms with E-state index >= 15 is 0 Å². The van der Waals surface area contributed by atoms with Gasteiger partial charge in [-0.25, -0.2) is 4.98 Å². The fourth-order valence-electron chi connectivity index (χ4n) is 1.43. The molecule has 0 aliphatic heterocycles. The third kappa shape index (κ3) is 2.76. The number of thioether (sulfide) groups is 1. The van der Waals surface area contributed by atoms with E-state index in [1.54, 1.807) is 18.3 Å². The minimum atomic E-state index is -0.312. The summed E-state index contributed by atoms with van der Waals surface area (Å²) in [5.41, 5.74) is 7.36. The number of thiazole rings is 1. The van der Waals surface area contributed by atoms with Crippen LogP contribution in [-0.4, -0.2) is 30.2 Å². The summed E-state index contributed by atoms with van der Waals surface area (Å²) in [6, 6.07) is 6.14. The second-order valence-electron chi connectivity index (χ2n) is 4.19. The number of carbonyl (C=O) groups is 1. The number of carbonyl (C=O) groups excluding carboxylic acids is 1. The van der Waals surface area contributed by atoms with Crippen molar-refractivity contribution in [3.63, 3.8) is 0 Å². The van der Waals surface area contributed by atoms with Gasteiger partial charge in [0.1, 0.15) is 0 Å². The Balaban J connectivity index is 2.30. The summed E-state index contributed by atoms with van der Waals surface area (Å²) < 4.78 is 2.01. The van der Waals surface area contributed by atoms with Gasteiger partial charge in [-0.3, -0.25) is 4.79 Å².